The molecule has 84 valence electrons. The Kier molecular flexibility index (Phi) is 3.31. The third-order valence-electron chi connectivity index (χ3n) is 1.59. The summed E-state index contributed by atoms with van der Waals surface area (Å²) in [5.74, 6) is -0.537. The maximum atomic E-state index is 11.9. The van der Waals surface area contributed by atoms with Crippen LogP contribution < -0.4 is 16.2 Å². The van der Waals surface area contributed by atoms with Gasteiger partial charge in [0.2, 0.25) is 0 Å². The van der Waals surface area contributed by atoms with Crippen LogP contribution in [0.5, 0.6) is 5.75 Å². The van der Waals surface area contributed by atoms with Gasteiger partial charge in [0.05, 0.1) is 5.69 Å². The number of halogens is 4. The van der Waals surface area contributed by atoms with Gasteiger partial charge in [-0.25, -0.2) is 0 Å². The Labute approximate surface area is 88.8 Å². The van der Waals surface area contributed by atoms with Crippen LogP contribution in [0, 0.1) is 0 Å². The van der Waals surface area contributed by atoms with Gasteiger partial charge in [-0.15, -0.1) is 13.2 Å². The molecule has 15 heavy (non-hydrogen) atoms. The van der Waals surface area contributed by atoms with E-state index in [4.69, 9.17) is 23.1 Å². The summed E-state index contributed by atoms with van der Waals surface area (Å²) in [5, 5.41) is -0.274. The number of ether oxygens (including phenoxy) is 1. The minimum absolute atomic E-state index is 0.00105. The second kappa shape index (κ2) is 4.16. The number of nitrogen functional groups attached to an aromatic ring is 1. The summed E-state index contributed by atoms with van der Waals surface area (Å²) in [6.07, 6.45) is -4.80. The largest absolute Gasteiger partial charge is 0.573 e. The SMILES string of the molecule is NCc1cc(N)c(Cl)c(OC(F)(F)F)c1. The molecule has 0 amide bonds. The highest BCUT2D eigenvalue weighted by Crippen LogP contribution is 2.35. The van der Waals surface area contributed by atoms with E-state index in [1.165, 1.54) is 6.07 Å². The van der Waals surface area contributed by atoms with Crippen molar-refractivity contribution in [2.75, 3.05) is 5.73 Å². The summed E-state index contributed by atoms with van der Waals surface area (Å²) in [6, 6.07) is 2.50. The fourth-order valence-corrected chi connectivity index (χ4v) is 1.14. The Hall–Kier alpha value is -1.14. The van der Waals surface area contributed by atoms with Gasteiger partial charge in [-0.05, 0) is 17.7 Å². The summed E-state index contributed by atoms with van der Waals surface area (Å²) >= 11 is 5.54. The molecule has 3 nitrogen and oxygen atoms in total. The molecule has 1 rings (SSSR count). The Morgan fingerprint density at radius 3 is 2.40 bits per heavy atom. The molecule has 1 aromatic rings. The fourth-order valence-electron chi connectivity index (χ4n) is 0.996. The van der Waals surface area contributed by atoms with Gasteiger partial charge in [0.1, 0.15) is 10.8 Å². The van der Waals surface area contributed by atoms with Crippen molar-refractivity contribution < 1.29 is 17.9 Å². The fraction of sp³-hybridized carbons (Fsp3) is 0.250. The number of hydrogen-bond acceptors (Lipinski definition) is 3. The van der Waals surface area contributed by atoms with Gasteiger partial charge in [0.25, 0.3) is 0 Å². The van der Waals surface area contributed by atoms with Crippen molar-refractivity contribution in [3.63, 3.8) is 0 Å². The van der Waals surface area contributed by atoms with Crippen molar-refractivity contribution in [1.82, 2.24) is 0 Å². The average molecular weight is 241 g/mol. The molecule has 0 aromatic heterocycles. The van der Waals surface area contributed by atoms with E-state index >= 15 is 0 Å². The van der Waals surface area contributed by atoms with E-state index in [2.05, 4.69) is 4.74 Å². The van der Waals surface area contributed by atoms with Gasteiger partial charge < -0.3 is 16.2 Å². The standard InChI is InChI=1S/C8H8ClF3N2O/c9-7-5(14)1-4(3-13)2-6(7)15-8(10,11)12/h1-2H,3,13-14H2. The maximum Gasteiger partial charge on any atom is 0.573 e. The minimum Gasteiger partial charge on any atom is -0.404 e. The number of anilines is 1. The molecule has 0 unspecified atom stereocenters. The Bertz CT molecular complexity index is 368. The van der Waals surface area contributed by atoms with Crippen molar-refractivity contribution in [3.05, 3.63) is 22.7 Å². The number of benzene rings is 1. The van der Waals surface area contributed by atoms with E-state index in [1.54, 1.807) is 0 Å². The predicted octanol–water partition coefficient (Wildman–Crippen LogP) is 2.28. The lowest BCUT2D eigenvalue weighted by Crippen LogP contribution is -2.18. The van der Waals surface area contributed by atoms with Gasteiger partial charge in [0.15, 0.2) is 0 Å². The smallest absolute Gasteiger partial charge is 0.404 e. The van der Waals surface area contributed by atoms with Crippen molar-refractivity contribution in [2.24, 2.45) is 5.73 Å². The van der Waals surface area contributed by atoms with Crippen LogP contribution >= 0.6 is 11.6 Å². The van der Waals surface area contributed by atoms with E-state index in [1.807, 2.05) is 0 Å². The molecule has 0 radical (unpaired) electrons. The molecule has 0 bridgehead atoms. The van der Waals surface area contributed by atoms with E-state index in [9.17, 15) is 13.2 Å². The van der Waals surface area contributed by atoms with Crippen molar-refractivity contribution in [3.8, 4) is 5.75 Å². The van der Waals surface area contributed by atoms with Crippen LogP contribution in [0.3, 0.4) is 0 Å². The third-order valence-corrected chi connectivity index (χ3v) is 1.99. The quantitative estimate of drug-likeness (QED) is 0.780. The molecule has 0 atom stereocenters. The molecule has 0 aliphatic rings. The predicted molar refractivity (Wildman–Crippen MR) is 50.4 cm³/mol. The molecule has 7 heteroatoms. The molecule has 0 spiro atoms. The lowest BCUT2D eigenvalue weighted by molar-refractivity contribution is -0.274. The molecule has 0 saturated carbocycles. The third kappa shape index (κ3) is 3.17. The molecule has 0 fully saturated rings. The first-order valence-corrected chi connectivity index (χ1v) is 4.25. The number of hydrogen-bond donors (Lipinski definition) is 2. The lowest BCUT2D eigenvalue weighted by atomic mass is 10.2. The summed E-state index contributed by atoms with van der Waals surface area (Å²) in [6.45, 7) is 0.0512. The first-order valence-electron chi connectivity index (χ1n) is 3.87. The van der Waals surface area contributed by atoms with Crippen LogP contribution in [0.15, 0.2) is 12.1 Å². The molecule has 0 saturated heterocycles. The second-order valence-corrected chi connectivity index (χ2v) is 3.13. The zero-order valence-electron chi connectivity index (χ0n) is 7.44. The Morgan fingerprint density at radius 1 is 1.33 bits per heavy atom. The van der Waals surface area contributed by atoms with Crippen LogP contribution in [0.2, 0.25) is 5.02 Å². The molecule has 0 heterocycles. The molecule has 4 N–H and O–H groups in total. The number of alkyl halides is 3. The van der Waals surface area contributed by atoms with E-state index < -0.39 is 12.1 Å². The van der Waals surface area contributed by atoms with E-state index in [-0.39, 0.29) is 17.3 Å². The molecular formula is C8H8ClF3N2O. The zero-order valence-corrected chi connectivity index (χ0v) is 8.19. The van der Waals surface area contributed by atoms with Gasteiger partial charge >= 0.3 is 6.36 Å². The van der Waals surface area contributed by atoms with Gasteiger partial charge in [-0.3, -0.25) is 0 Å². The normalized spacial score (nSPS) is 11.5. The van der Waals surface area contributed by atoms with Crippen molar-refractivity contribution in [2.45, 2.75) is 12.9 Å². The number of rotatable bonds is 2. The first kappa shape index (κ1) is 11.9. The van der Waals surface area contributed by atoms with E-state index in [0.717, 1.165) is 6.07 Å². The Morgan fingerprint density at radius 2 is 1.93 bits per heavy atom. The van der Waals surface area contributed by atoms with Crippen LogP contribution in [0.1, 0.15) is 5.56 Å². The second-order valence-electron chi connectivity index (χ2n) is 2.75. The van der Waals surface area contributed by atoms with Crippen LogP contribution in [0.25, 0.3) is 0 Å². The average Bonchev–Trinajstić information content (AvgIpc) is 2.10. The Balaban J connectivity index is 3.11. The molecular weight excluding hydrogens is 233 g/mol. The summed E-state index contributed by atoms with van der Waals surface area (Å²) in [4.78, 5) is 0. The summed E-state index contributed by atoms with van der Waals surface area (Å²) in [5.41, 5.74) is 11.1. The molecule has 1 aromatic carbocycles. The topological polar surface area (TPSA) is 61.3 Å². The van der Waals surface area contributed by atoms with Crippen molar-refractivity contribution in [1.29, 1.82) is 0 Å². The lowest BCUT2D eigenvalue weighted by Gasteiger charge is -2.12. The van der Waals surface area contributed by atoms with Crippen LogP contribution in [0.4, 0.5) is 18.9 Å². The minimum atomic E-state index is -4.80. The van der Waals surface area contributed by atoms with Gasteiger partial charge in [0, 0.05) is 6.54 Å². The highest BCUT2D eigenvalue weighted by Gasteiger charge is 2.32. The first-order chi connectivity index (χ1) is 6.83. The van der Waals surface area contributed by atoms with E-state index in [0.29, 0.717) is 5.56 Å². The van der Waals surface area contributed by atoms with Crippen LogP contribution in [-0.4, -0.2) is 6.36 Å². The van der Waals surface area contributed by atoms with Gasteiger partial charge in [-0.1, -0.05) is 11.6 Å². The summed E-state index contributed by atoms with van der Waals surface area (Å²) < 4.78 is 39.5. The van der Waals surface area contributed by atoms with Gasteiger partial charge in [-0.2, -0.15) is 0 Å². The van der Waals surface area contributed by atoms with Crippen molar-refractivity contribution >= 4 is 17.3 Å². The number of nitrogens with two attached hydrogens (primary N) is 2. The summed E-state index contributed by atoms with van der Waals surface area (Å²) in [7, 11) is 0. The molecule has 0 aliphatic carbocycles. The monoisotopic (exact) mass is 240 g/mol. The maximum absolute atomic E-state index is 11.9. The zero-order chi connectivity index (χ0) is 11.6. The highest BCUT2D eigenvalue weighted by atomic mass is 35.5. The molecule has 0 aliphatic heterocycles. The highest BCUT2D eigenvalue weighted by molar-refractivity contribution is 6.34. The van der Waals surface area contributed by atoms with Crippen LogP contribution in [-0.2, 0) is 6.54 Å².